The van der Waals surface area contributed by atoms with Crippen LogP contribution >= 0.6 is 0 Å². The Bertz CT molecular complexity index is 474. The van der Waals surface area contributed by atoms with Crippen LogP contribution in [-0.4, -0.2) is 34.3 Å². The third kappa shape index (κ3) is 2.39. The summed E-state index contributed by atoms with van der Waals surface area (Å²) in [5.74, 6) is 0.896. The molecule has 3 atom stereocenters. The number of aryl methyl sites for hydroxylation is 1. The molecule has 1 N–H and O–H groups in total. The first kappa shape index (κ1) is 12.3. The molecule has 2 aliphatic heterocycles. The summed E-state index contributed by atoms with van der Waals surface area (Å²) in [6, 6.07) is 8.33. The van der Waals surface area contributed by atoms with E-state index in [1.54, 1.807) is 4.90 Å². The molecule has 4 heteroatoms. The van der Waals surface area contributed by atoms with Crippen molar-refractivity contribution in [3.05, 3.63) is 29.8 Å². The fourth-order valence-corrected chi connectivity index (χ4v) is 3.42. The van der Waals surface area contributed by atoms with Crippen molar-refractivity contribution in [3.63, 3.8) is 0 Å². The highest BCUT2D eigenvalue weighted by Crippen LogP contribution is 2.37. The van der Waals surface area contributed by atoms with E-state index in [2.05, 4.69) is 0 Å². The highest BCUT2D eigenvalue weighted by Gasteiger charge is 2.44. The third-order valence-corrected chi connectivity index (χ3v) is 4.20. The van der Waals surface area contributed by atoms with Gasteiger partial charge in [0.05, 0.1) is 0 Å². The molecule has 0 radical (unpaired) electrons. The van der Waals surface area contributed by atoms with Gasteiger partial charge in [-0.15, -0.1) is 0 Å². The van der Waals surface area contributed by atoms with Crippen molar-refractivity contribution in [2.45, 2.75) is 50.8 Å². The molecule has 0 aliphatic carbocycles. The summed E-state index contributed by atoms with van der Waals surface area (Å²) >= 11 is 0. The SMILES string of the molecule is Cc1cccc(O[C@H]2C[C@H]3CC[C@@H](C2)N3C(=O)O)c1. The second-order valence-corrected chi connectivity index (χ2v) is 5.60. The maximum atomic E-state index is 11.2. The largest absolute Gasteiger partial charge is 0.490 e. The molecule has 2 bridgehead atoms. The van der Waals surface area contributed by atoms with Crippen molar-refractivity contribution in [2.24, 2.45) is 0 Å². The highest BCUT2D eigenvalue weighted by atomic mass is 16.5. The lowest BCUT2D eigenvalue weighted by Crippen LogP contribution is -2.48. The van der Waals surface area contributed by atoms with Crippen LogP contribution in [0.15, 0.2) is 24.3 Å². The number of amides is 1. The molecule has 4 nitrogen and oxygen atoms in total. The molecule has 3 rings (SSSR count). The molecular formula is C15H19NO3. The van der Waals surface area contributed by atoms with Crippen LogP contribution in [0.25, 0.3) is 0 Å². The Morgan fingerprint density at radius 1 is 1.32 bits per heavy atom. The van der Waals surface area contributed by atoms with Gasteiger partial charge in [-0.05, 0) is 37.5 Å². The summed E-state index contributed by atoms with van der Waals surface area (Å²) in [6.07, 6.45) is 2.96. The highest BCUT2D eigenvalue weighted by molar-refractivity contribution is 5.66. The number of fused-ring (bicyclic) bond motifs is 2. The molecule has 2 heterocycles. The number of piperidine rings is 1. The second kappa shape index (κ2) is 4.76. The number of rotatable bonds is 2. The summed E-state index contributed by atoms with van der Waals surface area (Å²) in [5.41, 5.74) is 1.18. The average Bonchev–Trinajstić information content (AvgIpc) is 2.62. The van der Waals surface area contributed by atoms with E-state index in [1.807, 2.05) is 31.2 Å². The number of carboxylic acid groups (broad SMARTS) is 1. The maximum Gasteiger partial charge on any atom is 0.407 e. The minimum Gasteiger partial charge on any atom is -0.490 e. The van der Waals surface area contributed by atoms with Gasteiger partial charge in [0.15, 0.2) is 0 Å². The number of carbonyl (C=O) groups is 1. The van der Waals surface area contributed by atoms with Crippen LogP contribution in [0.1, 0.15) is 31.2 Å². The van der Waals surface area contributed by atoms with Crippen LogP contribution in [0, 0.1) is 6.92 Å². The lowest BCUT2D eigenvalue weighted by Gasteiger charge is -2.37. The first-order valence-corrected chi connectivity index (χ1v) is 6.88. The van der Waals surface area contributed by atoms with E-state index in [9.17, 15) is 9.90 Å². The van der Waals surface area contributed by atoms with Crippen molar-refractivity contribution in [1.29, 1.82) is 0 Å². The normalized spacial score (nSPS) is 29.3. The summed E-state index contributed by atoms with van der Waals surface area (Å²) in [6.45, 7) is 2.05. The quantitative estimate of drug-likeness (QED) is 0.890. The summed E-state index contributed by atoms with van der Waals surface area (Å²) < 4.78 is 6.03. The third-order valence-electron chi connectivity index (χ3n) is 4.20. The van der Waals surface area contributed by atoms with Crippen LogP contribution in [0.3, 0.4) is 0 Å². The molecule has 0 aromatic heterocycles. The Balaban J connectivity index is 1.68. The lowest BCUT2D eigenvalue weighted by molar-refractivity contribution is 0.0496. The molecule has 2 saturated heterocycles. The molecule has 0 saturated carbocycles. The van der Waals surface area contributed by atoms with Crippen LogP contribution < -0.4 is 4.74 Å². The molecule has 2 aliphatic rings. The van der Waals surface area contributed by atoms with Gasteiger partial charge in [-0.1, -0.05) is 12.1 Å². The smallest absolute Gasteiger partial charge is 0.407 e. The predicted octanol–water partition coefficient (Wildman–Crippen LogP) is 3.05. The van der Waals surface area contributed by atoms with Gasteiger partial charge >= 0.3 is 6.09 Å². The van der Waals surface area contributed by atoms with E-state index < -0.39 is 6.09 Å². The van der Waals surface area contributed by atoms with Gasteiger partial charge < -0.3 is 14.7 Å². The van der Waals surface area contributed by atoms with Crippen molar-refractivity contribution in [2.75, 3.05) is 0 Å². The number of hydrogen-bond donors (Lipinski definition) is 1. The van der Waals surface area contributed by atoms with E-state index in [0.717, 1.165) is 31.4 Å². The molecule has 19 heavy (non-hydrogen) atoms. The second-order valence-electron chi connectivity index (χ2n) is 5.60. The van der Waals surface area contributed by atoms with Crippen LogP contribution in [-0.2, 0) is 0 Å². The zero-order valence-electron chi connectivity index (χ0n) is 11.1. The standard InChI is InChI=1S/C15H19NO3/c1-10-3-2-4-13(7-10)19-14-8-11-5-6-12(9-14)16(11)15(17)18/h2-4,7,11-12,14H,5-6,8-9H2,1H3,(H,17,18)/t11-,12+,14+. The molecule has 1 aromatic rings. The molecule has 102 valence electrons. The van der Waals surface area contributed by atoms with Gasteiger partial charge in [0, 0.05) is 24.9 Å². The maximum absolute atomic E-state index is 11.2. The monoisotopic (exact) mass is 261 g/mol. The summed E-state index contributed by atoms with van der Waals surface area (Å²) in [7, 11) is 0. The van der Waals surface area contributed by atoms with Crippen LogP contribution in [0.4, 0.5) is 4.79 Å². The van der Waals surface area contributed by atoms with Crippen molar-refractivity contribution in [3.8, 4) is 5.75 Å². The van der Waals surface area contributed by atoms with Gasteiger partial charge in [-0.3, -0.25) is 0 Å². The molecule has 0 unspecified atom stereocenters. The zero-order chi connectivity index (χ0) is 13.4. The Kier molecular flexibility index (Phi) is 3.09. The van der Waals surface area contributed by atoms with E-state index >= 15 is 0 Å². The van der Waals surface area contributed by atoms with Crippen molar-refractivity contribution < 1.29 is 14.6 Å². The number of benzene rings is 1. The minimum atomic E-state index is -0.776. The Morgan fingerprint density at radius 3 is 2.58 bits per heavy atom. The topological polar surface area (TPSA) is 49.8 Å². The first-order valence-electron chi connectivity index (χ1n) is 6.88. The van der Waals surface area contributed by atoms with E-state index in [-0.39, 0.29) is 18.2 Å². The molecule has 0 spiro atoms. The van der Waals surface area contributed by atoms with Gasteiger partial charge in [-0.2, -0.15) is 0 Å². The number of ether oxygens (including phenoxy) is 1. The van der Waals surface area contributed by atoms with Crippen molar-refractivity contribution in [1.82, 2.24) is 4.90 Å². The molecule has 1 amide bonds. The van der Waals surface area contributed by atoms with Crippen LogP contribution in [0.5, 0.6) is 5.75 Å². The average molecular weight is 261 g/mol. The molecule has 1 aromatic carbocycles. The van der Waals surface area contributed by atoms with Gasteiger partial charge in [0.2, 0.25) is 0 Å². The van der Waals surface area contributed by atoms with E-state index in [1.165, 1.54) is 5.56 Å². The number of nitrogens with zero attached hydrogens (tertiary/aromatic N) is 1. The summed E-state index contributed by atoms with van der Waals surface area (Å²) in [4.78, 5) is 12.8. The Labute approximate surface area is 113 Å². The molecular weight excluding hydrogens is 242 g/mol. The minimum absolute atomic E-state index is 0.144. The Hall–Kier alpha value is -1.71. The van der Waals surface area contributed by atoms with Crippen LogP contribution in [0.2, 0.25) is 0 Å². The fourth-order valence-electron chi connectivity index (χ4n) is 3.42. The van der Waals surface area contributed by atoms with E-state index in [0.29, 0.717) is 0 Å². The van der Waals surface area contributed by atoms with Gasteiger partial charge in [0.1, 0.15) is 11.9 Å². The first-order chi connectivity index (χ1) is 9.13. The Morgan fingerprint density at radius 2 is 2.00 bits per heavy atom. The molecule has 2 fully saturated rings. The zero-order valence-corrected chi connectivity index (χ0v) is 11.1. The van der Waals surface area contributed by atoms with Gasteiger partial charge in [0.25, 0.3) is 0 Å². The number of hydrogen-bond acceptors (Lipinski definition) is 2. The predicted molar refractivity (Wildman–Crippen MR) is 71.5 cm³/mol. The lowest BCUT2D eigenvalue weighted by atomic mass is 10.00. The van der Waals surface area contributed by atoms with Gasteiger partial charge in [-0.25, -0.2) is 4.79 Å². The van der Waals surface area contributed by atoms with E-state index in [4.69, 9.17) is 4.74 Å². The fraction of sp³-hybridized carbons (Fsp3) is 0.533. The van der Waals surface area contributed by atoms with Crippen molar-refractivity contribution >= 4 is 6.09 Å². The summed E-state index contributed by atoms with van der Waals surface area (Å²) in [5, 5.41) is 9.22.